The van der Waals surface area contributed by atoms with E-state index >= 15 is 0 Å². The molecule has 1 amide bonds. The Morgan fingerprint density at radius 3 is 2.70 bits per heavy atom. The predicted octanol–water partition coefficient (Wildman–Crippen LogP) is 0.653. The fourth-order valence-electron chi connectivity index (χ4n) is 3.04. The fraction of sp³-hybridized carbons (Fsp3) is 0.714. The lowest BCUT2D eigenvalue weighted by atomic mass is 9.97. The van der Waals surface area contributed by atoms with Crippen molar-refractivity contribution in [1.82, 2.24) is 15.1 Å². The first-order valence-electron chi connectivity index (χ1n) is 7.33. The molecule has 112 valence electrons. The van der Waals surface area contributed by atoms with Gasteiger partial charge in [-0.15, -0.1) is 0 Å². The molecule has 2 heterocycles. The lowest BCUT2D eigenvalue weighted by Crippen LogP contribution is -2.37. The molecule has 1 fully saturated rings. The Morgan fingerprint density at radius 2 is 2.15 bits per heavy atom. The molecule has 20 heavy (non-hydrogen) atoms. The first-order chi connectivity index (χ1) is 9.54. The van der Waals surface area contributed by atoms with Gasteiger partial charge in [0, 0.05) is 20.1 Å². The summed E-state index contributed by atoms with van der Waals surface area (Å²) in [7, 11) is 1.87. The van der Waals surface area contributed by atoms with Crippen molar-refractivity contribution in [3.8, 4) is 0 Å². The first kappa shape index (κ1) is 14.8. The van der Waals surface area contributed by atoms with Crippen molar-refractivity contribution in [1.29, 1.82) is 0 Å². The Bertz CT molecular complexity index is 476. The number of nitrogens with zero attached hydrogens (tertiary/aromatic N) is 3. The SMILES string of the molecule is CCN(CC1CCNCC1)c1c(C(N)=O)c(C)nn1C. The van der Waals surface area contributed by atoms with Crippen LogP contribution >= 0.6 is 0 Å². The topological polar surface area (TPSA) is 76.2 Å². The van der Waals surface area contributed by atoms with Gasteiger partial charge in [0.25, 0.3) is 5.91 Å². The first-order valence-corrected chi connectivity index (χ1v) is 7.33. The van der Waals surface area contributed by atoms with Gasteiger partial charge in [-0.05, 0) is 45.7 Å². The van der Waals surface area contributed by atoms with Gasteiger partial charge in [-0.2, -0.15) is 5.10 Å². The molecule has 0 saturated carbocycles. The molecule has 0 bridgehead atoms. The average Bonchev–Trinajstić information content (AvgIpc) is 2.72. The number of primary amides is 1. The largest absolute Gasteiger partial charge is 0.365 e. The average molecular weight is 279 g/mol. The smallest absolute Gasteiger partial charge is 0.254 e. The number of aromatic nitrogens is 2. The Kier molecular flexibility index (Phi) is 4.65. The van der Waals surface area contributed by atoms with E-state index in [1.54, 1.807) is 4.68 Å². The van der Waals surface area contributed by atoms with Gasteiger partial charge in [0.2, 0.25) is 0 Å². The van der Waals surface area contributed by atoms with E-state index in [0.717, 1.165) is 32.0 Å². The second-order valence-electron chi connectivity index (χ2n) is 5.50. The zero-order chi connectivity index (χ0) is 14.7. The third kappa shape index (κ3) is 2.95. The van der Waals surface area contributed by atoms with E-state index in [0.29, 0.717) is 17.2 Å². The Morgan fingerprint density at radius 1 is 1.50 bits per heavy atom. The third-order valence-corrected chi connectivity index (χ3v) is 4.06. The van der Waals surface area contributed by atoms with Crippen molar-refractivity contribution in [3.05, 3.63) is 11.3 Å². The molecule has 0 aromatic carbocycles. The molecular formula is C14H25N5O. The van der Waals surface area contributed by atoms with Crippen LogP contribution in [0.3, 0.4) is 0 Å². The van der Waals surface area contributed by atoms with Gasteiger partial charge >= 0.3 is 0 Å². The van der Waals surface area contributed by atoms with Gasteiger partial charge in [-0.25, -0.2) is 0 Å². The normalized spacial score (nSPS) is 16.4. The van der Waals surface area contributed by atoms with E-state index in [2.05, 4.69) is 22.2 Å². The van der Waals surface area contributed by atoms with E-state index in [9.17, 15) is 4.79 Å². The number of carbonyl (C=O) groups excluding carboxylic acids is 1. The van der Waals surface area contributed by atoms with Crippen LogP contribution in [0.4, 0.5) is 5.82 Å². The molecule has 1 aromatic rings. The lowest BCUT2D eigenvalue weighted by Gasteiger charge is -2.31. The number of nitrogens with one attached hydrogen (secondary N) is 1. The number of amides is 1. The molecule has 0 unspecified atom stereocenters. The van der Waals surface area contributed by atoms with Crippen LogP contribution in [0.1, 0.15) is 35.8 Å². The summed E-state index contributed by atoms with van der Waals surface area (Å²) in [5, 5.41) is 7.74. The van der Waals surface area contributed by atoms with Crippen molar-refractivity contribution in [3.63, 3.8) is 0 Å². The van der Waals surface area contributed by atoms with Crippen molar-refractivity contribution < 1.29 is 4.79 Å². The highest BCUT2D eigenvalue weighted by atomic mass is 16.1. The van der Waals surface area contributed by atoms with Gasteiger partial charge in [0.15, 0.2) is 0 Å². The zero-order valence-corrected chi connectivity index (χ0v) is 12.6. The Hall–Kier alpha value is -1.56. The molecule has 0 spiro atoms. The van der Waals surface area contributed by atoms with Crippen LogP contribution in [-0.4, -0.2) is 41.9 Å². The molecule has 6 nitrogen and oxygen atoms in total. The molecule has 1 aromatic heterocycles. The molecule has 6 heteroatoms. The summed E-state index contributed by atoms with van der Waals surface area (Å²) < 4.78 is 1.78. The minimum absolute atomic E-state index is 0.394. The lowest BCUT2D eigenvalue weighted by molar-refractivity contribution is 0.1000. The van der Waals surface area contributed by atoms with Crippen LogP contribution in [0.25, 0.3) is 0 Å². The second kappa shape index (κ2) is 6.26. The van der Waals surface area contributed by atoms with Crippen molar-refractivity contribution in [2.75, 3.05) is 31.1 Å². The van der Waals surface area contributed by atoms with Crippen molar-refractivity contribution >= 4 is 11.7 Å². The molecule has 2 rings (SSSR count). The maximum atomic E-state index is 11.7. The molecule has 1 saturated heterocycles. The van der Waals surface area contributed by atoms with Gasteiger partial charge < -0.3 is 16.0 Å². The maximum Gasteiger partial charge on any atom is 0.254 e. The Balaban J connectivity index is 2.24. The van der Waals surface area contributed by atoms with Crippen LogP contribution < -0.4 is 16.0 Å². The van der Waals surface area contributed by atoms with Crippen LogP contribution in [-0.2, 0) is 7.05 Å². The van der Waals surface area contributed by atoms with Crippen molar-refractivity contribution in [2.24, 2.45) is 18.7 Å². The summed E-state index contributed by atoms with van der Waals surface area (Å²) in [5.74, 6) is 1.12. The summed E-state index contributed by atoms with van der Waals surface area (Å²) in [6.45, 7) is 7.90. The number of piperidine rings is 1. The highest BCUT2D eigenvalue weighted by Gasteiger charge is 2.24. The van der Waals surface area contributed by atoms with E-state index in [1.807, 2.05) is 14.0 Å². The molecule has 0 atom stereocenters. The van der Waals surface area contributed by atoms with E-state index in [1.165, 1.54) is 12.8 Å². The number of rotatable bonds is 5. The molecule has 0 aliphatic carbocycles. The number of hydrogen-bond donors (Lipinski definition) is 2. The number of carbonyl (C=O) groups is 1. The summed E-state index contributed by atoms with van der Waals surface area (Å²) in [6, 6.07) is 0. The van der Waals surface area contributed by atoms with Crippen LogP contribution in [0.5, 0.6) is 0 Å². The fourth-order valence-corrected chi connectivity index (χ4v) is 3.04. The summed E-state index contributed by atoms with van der Waals surface area (Å²) in [4.78, 5) is 13.9. The van der Waals surface area contributed by atoms with Gasteiger partial charge in [-0.3, -0.25) is 9.48 Å². The Labute approximate surface area is 120 Å². The molecular weight excluding hydrogens is 254 g/mol. The quantitative estimate of drug-likeness (QED) is 0.830. The number of anilines is 1. The minimum atomic E-state index is -0.394. The number of hydrogen-bond acceptors (Lipinski definition) is 4. The van der Waals surface area contributed by atoms with Crippen LogP contribution in [0, 0.1) is 12.8 Å². The minimum Gasteiger partial charge on any atom is -0.365 e. The predicted molar refractivity (Wildman–Crippen MR) is 79.9 cm³/mol. The molecule has 3 N–H and O–H groups in total. The van der Waals surface area contributed by atoms with Gasteiger partial charge in [0.1, 0.15) is 11.4 Å². The van der Waals surface area contributed by atoms with Crippen molar-refractivity contribution in [2.45, 2.75) is 26.7 Å². The highest BCUT2D eigenvalue weighted by molar-refractivity contribution is 5.99. The molecule has 1 aliphatic heterocycles. The van der Waals surface area contributed by atoms with Gasteiger partial charge in [-0.1, -0.05) is 0 Å². The highest BCUT2D eigenvalue weighted by Crippen LogP contribution is 2.25. The molecule has 1 aliphatic rings. The van der Waals surface area contributed by atoms with E-state index < -0.39 is 5.91 Å². The van der Waals surface area contributed by atoms with Gasteiger partial charge in [0.05, 0.1) is 5.69 Å². The maximum absolute atomic E-state index is 11.7. The number of aryl methyl sites for hydroxylation is 2. The summed E-state index contributed by atoms with van der Waals surface area (Å²) in [5.41, 5.74) is 6.79. The third-order valence-electron chi connectivity index (χ3n) is 4.06. The zero-order valence-electron chi connectivity index (χ0n) is 12.6. The summed E-state index contributed by atoms with van der Waals surface area (Å²) >= 11 is 0. The standard InChI is InChI=1S/C14H25N5O/c1-4-19(9-11-5-7-16-8-6-11)14-12(13(15)20)10(2)17-18(14)3/h11,16H,4-9H2,1-3H3,(H2,15,20). The van der Waals surface area contributed by atoms with E-state index in [-0.39, 0.29) is 0 Å². The molecule has 0 radical (unpaired) electrons. The monoisotopic (exact) mass is 279 g/mol. The van der Waals surface area contributed by atoms with Crippen LogP contribution in [0.2, 0.25) is 0 Å². The number of nitrogens with two attached hydrogens (primary N) is 1. The van der Waals surface area contributed by atoms with E-state index in [4.69, 9.17) is 5.73 Å². The second-order valence-corrected chi connectivity index (χ2v) is 5.50. The van der Waals surface area contributed by atoms with Crippen LogP contribution in [0.15, 0.2) is 0 Å². The summed E-state index contributed by atoms with van der Waals surface area (Å²) in [6.07, 6.45) is 2.36.